The van der Waals surface area contributed by atoms with E-state index in [0.717, 1.165) is 16.5 Å². The third-order valence-corrected chi connectivity index (χ3v) is 4.11. The van der Waals surface area contributed by atoms with E-state index in [2.05, 4.69) is 42.1 Å². The van der Waals surface area contributed by atoms with E-state index < -0.39 is 5.91 Å². The molecule has 0 radical (unpaired) electrons. The fourth-order valence-electron chi connectivity index (χ4n) is 2.18. The van der Waals surface area contributed by atoms with E-state index in [1.165, 1.54) is 0 Å². The van der Waals surface area contributed by atoms with Gasteiger partial charge in [-0.25, -0.2) is 4.68 Å². The van der Waals surface area contributed by atoms with Crippen molar-refractivity contribution in [2.24, 2.45) is 0 Å². The number of amides is 1. The molecule has 0 fully saturated rings. The highest BCUT2D eigenvalue weighted by molar-refractivity contribution is 9.10. The van der Waals surface area contributed by atoms with E-state index >= 15 is 0 Å². The quantitative estimate of drug-likeness (QED) is 0.594. The van der Waals surface area contributed by atoms with Crippen molar-refractivity contribution in [3.63, 3.8) is 0 Å². The van der Waals surface area contributed by atoms with Gasteiger partial charge in [-0.3, -0.25) is 15.4 Å². The molecule has 0 aliphatic heterocycles. The van der Waals surface area contributed by atoms with Gasteiger partial charge in [0.15, 0.2) is 10.9 Å². The van der Waals surface area contributed by atoms with Crippen LogP contribution in [-0.4, -0.2) is 31.2 Å². The molecular formula is C16H15BrN6O2S. The van der Waals surface area contributed by atoms with Gasteiger partial charge in [0, 0.05) is 16.6 Å². The van der Waals surface area contributed by atoms with Crippen molar-refractivity contribution in [2.45, 2.75) is 19.9 Å². The number of aromatic nitrogens is 4. The van der Waals surface area contributed by atoms with Crippen LogP contribution >= 0.6 is 28.1 Å². The number of rotatable bonds is 5. The first-order valence-electron chi connectivity index (χ1n) is 7.81. The van der Waals surface area contributed by atoms with Gasteiger partial charge in [-0.05, 0) is 53.3 Å². The largest absolute Gasteiger partial charge is 0.451 e. The van der Waals surface area contributed by atoms with Gasteiger partial charge < -0.3 is 4.42 Å². The topological polar surface area (TPSA) is 97.9 Å². The third kappa shape index (κ3) is 4.33. The molecule has 2 heterocycles. The number of tetrazole rings is 1. The molecule has 134 valence electrons. The van der Waals surface area contributed by atoms with Crippen LogP contribution in [0.15, 0.2) is 45.3 Å². The average molecular weight is 435 g/mol. The second kappa shape index (κ2) is 8.19. The number of aryl methyl sites for hydroxylation is 1. The summed E-state index contributed by atoms with van der Waals surface area (Å²) in [5.41, 5.74) is 0.867. The third-order valence-electron chi connectivity index (χ3n) is 3.38. The van der Waals surface area contributed by atoms with Crippen LogP contribution in [0.3, 0.4) is 0 Å². The number of carbonyl (C=O) groups excluding carboxylic acids is 1. The van der Waals surface area contributed by atoms with Crippen molar-refractivity contribution in [2.75, 3.05) is 5.32 Å². The normalized spacial score (nSPS) is 10.5. The Morgan fingerprint density at radius 2 is 2.04 bits per heavy atom. The number of nitrogens with one attached hydrogen (secondary N) is 2. The number of carbonyl (C=O) groups is 1. The number of nitrogens with zero attached hydrogens (tertiary/aromatic N) is 4. The number of hydrogen-bond donors (Lipinski definition) is 2. The zero-order valence-corrected chi connectivity index (χ0v) is 16.2. The van der Waals surface area contributed by atoms with Crippen LogP contribution in [0, 0.1) is 0 Å². The Morgan fingerprint density at radius 3 is 2.77 bits per heavy atom. The van der Waals surface area contributed by atoms with Crippen molar-refractivity contribution < 1.29 is 9.21 Å². The summed E-state index contributed by atoms with van der Waals surface area (Å²) in [7, 11) is 0. The second-order valence-electron chi connectivity index (χ2n) is 5.30. The average Bonchev–Trinajstić information content (AvgIpc) is 3.26. The molecule has 26 heavy (non-hydrogen) atoms. The molecule has 2 aromatic heterocycles. The van der Waals surface area contributed by atoms with Gasteiger partial charge in [0.05, 0.1) is 0 Å². The van der Waals surface area contributed by atoms with Crippen LogP contribution in [-0.2, 0) is 6.54 Å². The van der Waals surface area contributed by atoms with Crippen molar-refractivity contribution in [3.05, 3.63) is 46.6 Å². The standard InChI is InChI=1S/C16H15BrN6O2S/c1-2-9-23-15(20-21-22-23)19-16(26)18-14(24)13-8-7-12(25-13)10-3-5-11(17)6-4-10/h3-8H,2,9H2,1H3,(H2,18,19,20,22,24,26). The summed E-state index contributed by atoms with van der Waals surface area (Å²) in [4.78, 5) is 12.3. The highest BCUT2D eigenvalue weighted by Gasteiger charge is 2.15. The highest BCUT2D eigenvalue weighted by Crippen LogP contribution is 2.23. The lowest BCUT2D eigenvalue weighted by molar-refractivity contribution is 0.0951. The molecule has 0 bridgehead atoms. The smallest absolute Gasteiger partial charge is 0.293 e. The number of benzene rings is 1. The van der Waals surface area contributed by atoms with E-state index in [-0.39, 0.29) is 10.9 Å². The van der Waals surface area contributed by atoms with Crippen LogP contribution in [0.25, 0.3) is 11.3 Å². The minimum Gasteiger partial charge on any atom is -0.451 e. The van der Waals surface area contributed by atoms with Crippen LogP contribution in [0.2, 0.25) is 0 Å². The van der Waals surface area contributed by atoms with Gasteiger partial charge in [0.2, 0.25) is 5.95 Å². The van der Waals surface area contributed by atoms with Gasteiger partial charge in [-0.1, -0.05) is 40.1 Å². The highest BCUT2D eigenvalue weighted by atomic mass is 79.9. The van der Waals surface area contributed by atoms with Crippen LogP contribution in [0.1, 0.15) is 23.9 Å². The lowest BCUT2D eigenvalue weighted by Gasteiger charge is -2.07. The molecule has 2 N–H and O–H groups in total. The van der Waals surface area contributed by atoms with Crippen LogP contribution in [0.4, 0.5) is 5.95 Å². The molecule has 0 saturated heterocycles. The molecule has 0 aliphatic carbocycles. The lowest BCUT2D eigenvalue weighted by atomic mass is 10.2. The molecule has 8 nitrogen and oxygen atoms in total. The van der Waals surface area contributed by atoms with Crippen LogP contribution < -0.4 is 10.6 Å². The molecule has 0 atom stereocenters. The molecule has 0 unspecified atom stereocenters. The Bertz CT molecular complexity index is 921. The van der Waals surface area contributed by atoms with E-state index in [4.69, 9.17) is 16.6 Å². The fourth-order valence-corrected chi connectivity index (χ4v) is 2.63. The molecule has 0 spiro atoms. The zero-order valence-electron chi connectivity index (χ0n) is 13.8. The van der Waals surface area contributed by atoms with Crippen LogP contribution in [0.5, 0.6) is 0 Å². The van der Waals surface area contributed by atoms with E-state index in [0.29, 0.717) is 18.3 Å². The van der Waals surface area contributed by atoms with Gasteiger partial charge >= 0.3 is 0 Å². The summed E-state index contributed by atoms with van der Waals surface area (Å²) in [6.45, 7) is 2.64. The second-order valence-corrected chi connectivity index (χ2v) is 6.63. The maximum Gasteiger partial charge on any atom is 0.293 e. The van der Waals surface area contributed by atoms with Gasteiger partial charge in [-0.2, -0.15) is 0 Å². The molecule has 1 amide bonds. The first-order valence-corrected chi connectivity index (χ1v) is 9.01. The SMILES string of the molecule is CCCn1nnnc1NC(=S)NC(=O)c1ccc(-c2ccc(Br)cc2)o1. The lowest BCUT2D eigenvalue weighted by Crippen LogP contribution is -2.34. The first kappa shape index (κ1) is 18.2. The molecule has 0 aliphatic rings. The maximum absolute atomic E-state index is 12.3. The zero-order chi connectivity index (χ0) is 18.5. The van der Waals surface area contributed by atoms with Crippen molar-refractivity contribution in [1.82, 2.24) is 25.5 Å². The first-order chi connectivity index (χ1) is 12.6. The minimum atomic E-state index is -0.458. The number of hydrogen-bond acceptors (Lipinski definition) is 6. The van der Waals surface area contributed by atoms with Crippen molar-refractivity contribution in [3.8, 4) is 11.3 Å². The summed E-state index contributed by atoms with van der Waals surface area (Å²) in [5.74, 6) is 0.654. The molecule has 3 rings (SSSR count). The number of anilines is 1. The Kier molecular flexibility index (Phi) is 5.74. The van der Waals surface area contributed by atoms with Gasteiger partial charge in [0.25, 0.3) is 5.91 Å². The Balaban J connectivity index is 1.63. The maximum atomic E-state index is 12.3. The summed E-state index contributed by atoms with van der Waals surface area (Å²) >= 11 is 8.52. The predicted octanol–water partition coefficient (Wildman–Crippen LogP) is 3.23. The summed E-state index contributed by atoms with van der Waals surface area (Å²) in [6.07, 6.45) is 0.865. The Hall–Kier alpha value is -2.59. The monoisotopic (exact) mass is 434 g/mol. The Morgan fingerprint density at radius 1 is 1.27 bits per heavy atom. The number of furan rings is 1. The van der Waals surface area contributed by atoms with Crippen molar-refractivity contribution >= 4 is 45.1 Å². The molecule has 10 heteroatoms. The number of halogens is 1. The van der Waals surface area contributed by atoms with E-state index in [1.54, 1.807) is 16.8 Å². The van der Waals surface area contributed by atoms with Gasteiger partial charge in [0.1, 0.15) is 5.76 Å². The van der Waals surface area contributed by atoms with Gasteiger partial charge in [-0.15, -0.1) is 0 Å². The fraction of sp³-hybridized carbons (Fsp3) is 0.188. The van der Waals surface area contributed by atoms with Crippen molar-refractivity contribution in [1.29, 1.82) is 0 Å². The molecule has 1 aromatic carbocycles. The number of thiocarbonyl (C=S) groups is 1. The molecule has 3 aromatic rings. The summed E-state index contributed by atoms with van der Waals surface area (Å²) in [5, 5.41) is 16.7. The van der Waals surface area contributed by atoms with E-state index in [1.807, 2.05) is 31.2 Å². The summed E-state index contributed by atoms with van der Waals surface area (Å²) < 4.78 is 8.14. The molecular weight excluding hydrogens is 420 g/mol. The molecule has 0 saturated carbocycles. The predicted molar refractivity (Wildman–Crippen MR) is 104 cm³/mol. The minimum absolute atomic E-state index is 0.0868. The Labute approximate surface area is 163 Å². The van der Waals surface area contributed by atoms with E-state index in [9.17, 15) is 4.79 Å². The summed E-state index contributed by atoms with van der Waals surface area (Å²) in [6, 6.07) is 10.9.